The van der Waals surface area contributed by atoms with Crippen molar-refractivity contribution in [2.75, 3.05) is 19.6 Å². The molecule has 1 aliphatic rings. The van der Waals surface area contributed by atoms with Crippen LogP contribution in [0, 0.1) is 16.7 Å². The van der Waals surface area contributed by atoms with Gasteiger partial charge in [0.1, 0.15) is 0 Å². The van der Waals surface area contributed by atoms with Gasteiger partial charge in [-0.05, 0) is 12.3 Å². The van der Waals surface area contributed by atoms with Crippen molar-refractivity contribution in [2.45, 2.75) is 41.0 Å². The van der Waals surface area contributed by atoms with E-state index in [-0.39, 0.29) is 30.8 Å². The van der Waals surface area contributed by atoms with Gasteiger partial charge in [0.2, 0.25) is 11.8 Å². The van der Waals surface area contributed by atoms with E-state index in [1.165, 1.54) is 4.90 Å². The number of carboxylic acids is 1. The maximum absolute atomic E-state index is 12.1. The van der Waals surface area contributed by atoms with Crippen molar-refractivity contribution in [1.82, 2.24) is 10.2 Å². The number of nitrogens with one attached hydrogen (secondary N) is 1. The maximum Gasteiger partial charge on any atom is 0.311 e. The highest BCUT2D eigenvalue weighted by molar-refractivity contribution is 5.88. The molecular formula is C15H26N2O4. The molecule has 1 fully saturated rings. The highest BCUT2D eigenvalue weighted by Gasteiger charge is 2.48. The van der Waals surface area contributed by atoms with Crippen LogP contribution in [0.15, 0.2) is 0 Å². The number of rotatable bonds is 4. The van der Waals surface area contributed by atoms with Crippen molar-refractivity contribution in [2.24, 2.45) is 16.7 Å². The Balaban J connectivity index is 2.63. The highest BCUT2D eigenvalue weighted by atomic mass is 16.4. The van der Waals surface area contributed by atoms with Crippen molar-refractivity contribution < 1.29 is 19.5 Å². The second-order valence-electron chi connectivity index (χ2n) is 7.11. The largest absolute Gasteiger partial charge is 0.481 e. The summed E-state index contributed by atoms with van der Waals surface area (Å²) in [5.41, 5.74) is -1.42. The zero-order chi connectivity index (χ0) is 16.4. The molecule has 1 heterocycles. The van der Waals surface area contributed by atoms with Gasteiger partial charge in [-0.15, -0.1) is 0 Å². The Morgan fingerprint density at radius 1 is 1.29 bits per heavy atom. The van der Waals surface area contributed by atoms with Crippen LogP contribution >= 0.6 is 0 Å². The van der Waals surface area contributed by atoms with E-state index >= 15 is 0 Å². The van der Waals surface area contributed by atoms with Gasteiger partial charge in [0.15, 0.2) is 0 Å². The van der Waals surface area contributed by atoms with Gasteiger partial charge in [0.05, 0.1) is 12.0 Å². The average Bonchev–Trinajstić information content (AvgIpc) is 2.80. The van der Waals surface area contributed by atoms with E-state index in [9.17, 15) is 19.5 Å². The minimum Gasteiger partial charge on any atom is -0.481 e. The molecule has 2 N–H and O–H groups in total. The quantitative estimate of drug-likeness (QED) is 0.814. The van der Waals surface area contributed by atoms with Crippen LogP contribution in [0.2, 0.25) is 0 Å². The van der Waals surface area contributed by atoms with E-state index in [2.05, 4.69) is 5.32 Å². The number of carbonyl (C=O) groups excluding carboxylic acids is 2. The smallest absolute Gasteiger partial charge is 0.311 e. The van der Waals surface area contributed by atoms with Crippen molar-refractivity contribution in [3.8, 4) is 0 Å². The molecule has 6 heteroatoms. The standard InChI is InChI=1S/C15H26N2O4/c1-10(2)15(13(20)21)6-7-17(9-15)11(18)8-16-12(19)14(3,4)5/h10H,6-9H2,1-5H3,(H,16,19)(H,20,21). The summed E-state index contributed by atoms with van der Waals surface area (Å²) in [6, 6.07) is 0. The Morgan fingerprint density at radius 2 is 1.86 bits per heavy atom. The second-order valence-corrected chi connectivity index (χ2v) is 7.11. The van der Waals surface area contributed by atoms with Crippen LogP contribution in [0.1, 0.15) is 41.0 Å². The Kier molecular flexibility index (Phi) is 5.02. The van der Waals surface area contributed by atoms with Crippen LogP contribution in [0.5, 0.6) is 0 Å². The molecule has 0 aromatic heterocycles. The third kappa shape index (κ3) is 3.74. The lowest BCUT2D eigenvalue weighted by atomic mass is 9.76. The summed E-state index contributed by atoms with van der Waals surface area (Å²) in [5, 5.41) is 12.1. The van der Waals surface area contributed by atoms with Gasteiger partial charge in [-0.2, -0.15) is 0 Å². The summed E-state index contributed by atoms with van der Waals surface area (Å²) >= 11 is 0. The zero-order valence-corrected chi connectivity index (χ0v) is 13.5. The average molecular weight is 298 g/mol. The molecule has 120 valence electrons. The first-order chi connectivity index (χ1) is 9.50. The molecule has 1 unspecified atom stereocenters. The topological polar surface area (TPSA) is 86.7 Å². The summed E-state index contributed by atoms with van der Waals surface area (Å²) in [6.07, 6.45) is 0.457. The summed E-state index contributed by atoms with van der Waals surface area (Å²) in [4.78, 5) is 36.9. The Hall–Kier alpha value is -1.59. The molecule has 21 heavy (non-hydrogen) atoms. The van der Waals surface area contributed by atoms with E-state index in [1.54, 1.807) is 20.8 Å². The van der Waals surface area contributed by atoms with Crippen molar-refractivity contribution in [1.29, 1.82) is 0 Å². The van der Waals surface area contributed by atoms with Gasteiger partial charge >= 0.3 is 5.97 Å². The predicted molar refractivity (Wildman–Crippen MR) is 78.6 cm³/mol. The molecular weight excluding hydrogens is 272 g/mol. The normalized spacial score (nSPS) is 22.5. The van der Waals surface area contributed by atoms with E-state index in [4.69, 9.17) is 0 Å². The lowest BCUT2D eigenvalue weighted by Gasteiger charge is -2.28. The molecule has 6 nitrogen and oxygen atoms in total. The zero-order valence-electron chi connectivity index (χ0n) is 13.5. The lowest BCUT2D eigenvalue weighted by molar-refractivity contribution is -0.151. The first-order valence-electron chi connectivity index (χ1n) is 7.30. The van der Waals surface area contributed by atoms with E-state index in [0.29, 0.717) is 13.0 Å². The monoisotopic (exact) mass is 298 g/mol. The summed E-state index contributed by atoms with van der Waals surface area (Å²) in [7, 11) is 0. The molecule has 1 saturated heterocycles. The minimum atomic E-state index is -0.871. The van der Waals surface area contributed by atoms with Crippen LogP contribution in [0.3, 0.4) is 0 Å². The van der Waals surface area contributed by atoms with E-state index in [0.717, 1.165) is 0 Å². The molecule has 0 bridgehead atoms. The van der Waals surface area contributed by atoms with Crippen LogP contribution in [-0.2, 0) is 14.4 Å². The minimum absolute atomic E-state index is 0.0445. The van der Waals surface area contributed by atoms with Gasteiger partial charge in [-0.3, -0.25) is 14.4 Å². The predicted octanol–water partition coefficient (Wildman–Crippen LogP) is 1.11. The molecule has 2 amide bonds. The van der Waals surface area contributed by atoms with Crippen molar-refractivity contribution in [3.05, 3.63) is 0 Å². The number of hydrogen-bond donors (Lipinski definition) is 2. The molecule has 1 aliphatic heterocycles. The van der Waals surface area contributed by atoms with Gasteiger partial charge < -0.3 is 15.3 Å². The molecule has 0 aliphatic carbocycles. The molecule has 0 aromatic rings. The first-order valence-corrected chi connectivity index (χ1v) is 7.30. The Labute approximate surface area is 125 Å². The molecule has 0 radical (unpaired) electrons. The highest BCUT2D eigenvalue weighted by Crippen LogP contribution is 2.38. The fraction of sp³-hybridized carbons (Fsp3) is 0.800. The van der Waals surface area contributed by atoms with E-state index < -0.39 is 16.8 Å². The Bertz CT molecular complexity index is 439. The van der Waals surface area contributed by atoms with Crippen molar-refractivity contribution >= 4 is 17.8 Å². The number of carboxylic acid groups (broad SMARTS) is 1. The van der Waals surface area contributed by atoms with Gasteiger partial charge in [-0.25, -0.2) is 0 Å². The lowest BCUT2D eigenvalue weighted by Crippen LogP contribution is -2.45. The third-order valence-electron chi connectivity index (χ3n) is 4.27. The second kappa shape index (κ2) is 6.03. The molecule has 1 rings (SSSR count). The van der Waals surface area contributed by atoms with Gasteiger partial charge in [0.25, 0.3) is 0 Å². The van der Waals surface area contributed by atoms with Crippen LogP contribution in [-0.4, -0.2) is 47.4 Å². The van der Waals surface area contributed by atoms with Gasteiger partial charge in [-0.1, -0.05) is 34.6 Å². The molecule has 0 spiro atoms. The fourth-order valence-corrected chi connectivity index (χ4v) is 2.47. The molecule has 0 aromatic carbocycles. The fourth-order valence-electron chi connectivity index (χ4n) is 2.47. The number of amides is 2. The van der Waals surface area contributed by atoms with Crippen LogP contribution in [0.4, 0.5) is 0 Å². The van der Waals surface area contributed by atoms with Crippen molar-refractivity contribution in [3.63, 3.8) is 0 Å². The number of hydrogen-bond acceptors (Lipinski definition) is 3. The summed E-state index contributed by atoms with van der Waals surface area (Å²) < 4.78 is 0. The SMILES string of the molecule is CC(C)C1(C(=O)O)CCN(C(=O)CNC(=O)C(C)(C)C)C1. The number of likely N-dealkylation sites (tertiary alicyclic amines) is 1. The summed E-state index contributed by atoms with van der Waals surface area (Å²) in [5.74, 6) is -1.32. The third-order valence-corrected chi connectivity index (χ3v) is 4.27. The van der Waals surface area contributed by atoms with Crippen LogP contribution < -0.4 is 5.32 Å². The van der Waals surface area contributed by atoms with Gasteiger partial charge in [0, 0.05) is 18.5 Å². The number of aliphatic carboxylic acids is 1. The number of nitrogens with zero attached hydrogens (tertiary/aromatic N) is 1. The Morgan fingerprint density at radius 3 is 2.24 bits per heavy atom. The van der Waals surface area contributed by atoms with E-state index in [1.807, 2.05) is 13.8 Å². The first kappa shape index (κ1) is 17.5. The maximum atomic E-state index is 12.1. The molecule has 0 saturated carbocycles. The van der Waals surface area contributed by atoms with Crippen LogP contribution in [0.25, 0.3) is 0 Å². The molecule has 1 atom stereocenters. The number of carbonyl (C=O) groups is 3. The summed E-state index contributed by atoms with van der Waals surface area (Å²) in [6.45, 7) is 9.61.